The lowest BCUT2D eigenvalue weighted by molar-refractivity contribution is 0.337. The molecule has 0 saturated carbocycles. The molecule has 90 valence electrons. The van der Waals surface area contributed by atoms with Gasteiger partial charge in [-0.3, -0.25) is 4.98 Å². The fraction of sp³-hybridized carbons (Fsp3) is 0.538. The number of aromatic nitrogens is 3. The molecule has 0 aliphatic carbocycles. The van der Waals surface area contributed by atoms with E-state index in [-0.39, 0.29) is 0 Å². The largest absolute Gasteiger partial charge is 0.328 e. The fourth-order valence-electron chi connectivity index (χ4n) is 2.41. The third-order valence-electron chi connectivity index (χ3n) is 3.41. The van der Waals surface area contributed by atoms with Crippen molar-refractivity contribution in [2.45, 2.75) is 26.3 Å². The van der Waals surface area contributed by atoms with Gasteiger partial charge in [0.1, 0.15) is 11.3 Å². The lowest BCUT2D eigenvalue weighted by Crippen LogP contribution is -2.43. The zero-order valence-electron chi connectivity index (χ0n) is 10.2. The number of imidazole rings is 1. The van der Waals surface area contributed by atoms with Crippen molar-refractivity contribution in [3.63, 3.8) is 0 Å². The number of hydrogen-bond donors (Lipinski definition) is 1. The maximum Gasteiger partial charge on any atom is 0.110 e. The summed E-state index contributed by atoms with van der Waals surface area (Å²) in [6, 6.07) is 2.07. The van der Waals surface area contributed by atoms with Crippen LogP contribution in [0, 0.1) is 5.92 Å². The maximum absolute atomic E-state index is 4.73. The summed E-state index contributed by atoms with van der Waals surface area (Å²) in [5, 5.41) is 3.32. The van der Waals surface area contributed by atoms with Gasteiger partial charge in [0.2, 0.25) is 0 Å². The lowest BCUT2D eigenvalue weighted by Gasteiger charge is -2.26. The average molecular weight is 230 g/mol. The van der Waals surface area contributed by atoms with Gasteiger partial charge in [0.05, 0.1) is 11.7 Å². The predicted octanol–water partition coefficient (Wildman–Crippen LogP) is 1.60. The van der Waals surface area contributed by atoms with Crippen LogP contribution >= 0.6 is 0 Å². The first-order valence-electron chi connectivity index (χ1n) is 6.38. The van der Waals surface area contributed by atoms with Crippen LogP contribution in [-0.2, 0) is 13.0 Å². The molecular weight excluding hydrogens is 212 g/mol. The van der Waals surface area contributed by atoms with Gasteiger partial charge >= 0.3 is 0 Å². The molecule has 1 saturated heterocycles. The van der Waals surface area contributed by atoms with Crippen LogP contribution in [0.3, 0.4) is 0 Å². The number of hydrogen-bond acceptors (Lipinski definition) is 3. The minimum Gasteiger partial charge on any atom is -0.328 e. The maximum atomic E-state index is 4.73. The third-order valence-corrected chi connectivity index (χ3v) is 3.41. The van der Waals surface area contributed by atoms with E-state index in [0.717, 1.165) is 43.9 Å². The Labute approximate surface area is 101 Å². The molecule has 3 rings (SSSR count). The molecular formula is C13H18N4. The van der Waals surface area contributed by atoms with E-state index in [1.54, 1.807) is 0 Å². The first-order valence-corrected chi connectivity index (χ1v) is 6.38. The van der Waals surface area contributed by atoms with Gasteiger partial charge in [-0.2, -0.15) is 0 Å². The zero-order valence-corrected chi connectivity index (χ0v) is 10.2. The van der Waals surface area contributed by atoms with Gasteiger partial charge in [0.15, 0.2) is 0 Å². The molecule has 0 atom stereocenters. The first kappa shape index (κ1) is 10.7. The smallest absolute Gasteiger partial charge is 0.110 e. The van der Waals surface area contributed by atoms with Crippen molar-refractivity contribution in [1.29, 1.82) is 0 Å². The molecule has 0 radical (unpaired) electrons. The number of aryl methyl sites for hydroxylation is 1. The molecule has 0 aromatic carbocycles. The van der Waals surface area contributed by atoms with Crippen molar-refractivity contribution in [2.24, 2.45) is 5.92 Å². The summed E-state index contributed by atoms with van der Waals surface area (Å²) in [6.45, 7) is 5.53. The quantitative estimate of drug-likeness (QED) is 0.867. The Hall–Kier alpha value is -1.42. The molecule has 1 fully saturated rings. The molecule has 1 aliphatic rings. The normalized spacial score (nSPS) is 16.3. The van der Waals surface area contributed by atoms with Crippen molar-refractivity contribution in [2.75, 3.05) is 13.1 Å². The summed E-state index contributed by atoms with van der Waals surface area (Å²) in [5.41, 5.74) is 2.26. The molecule has 0 spiro atoms. The van der Waals surface area contributed by atoms with Gasteiger partial charge in [-0.25, -0.2) is 4.98 Å². The van der Waals surface area contributed by atoms with Crippen LogP contribution in [0.25, 0.3) is 11.0 Å². The Morgan fingerprint density at radius 1 is 1.47 bits per heavy atom. The second kappa shape index (κ2) is 4.45. The number of nitrogens with zero attached hydrogens (tertiary/aromatic N) is 3. The fourth-order valence-corrected chi connectivity index (χ4v) is 2.41. The molecule has 1 aliphatic heterocycles. The second-order valence-corrected chi connectivity index (χ2v) is 4.77. The number of pyridine rings is 1. The van der Waals surface area contributed by atoms with Crippen LogP contribution < -0.4 is 5.32 Å². The van der Waals surface area contributed by atoms with Gasteiger partial charge in [-0.05, 0) is 31.5 Å². The summed E-state index contributed by atoms with van der Waals surface area (Å²) < 4.78 is 2.36. The molecule has 0 unspecified atom stereocenters. The highest BCUT2D eigenvalue weighted by Gasteiger charge is 2.20. The Kier molecular flexibility index (Phi) is 2.81. The third kappa shape index (κ3) is 1.93. The van der Waals surface area contributed by atoms with Crippen LogP contribution in [0.4, 0.5) is 0 Å². The van der Waals surface area contributed by atoms with Crippen LogP contribution in [0.2, 0.25) is 0 Å². The summed E-state index contributed by atoms with van der Waals surface area (Å²) in [6.07, 6.45) is 5.94. The molecule has 3 heterocycles. The Balaban J connectivity index is 1.98. The van der Waals surface area contributed by atoms with Crippen molar-refractivity contribution < 1.29 is 0 Å². The van der Waals surface area contributed by atoms with Crippen molar-refractivity contribution in [1.82, 2.24) is 19.9 Å². The molecule has 0 bridgehead atoms. The summed E-state index contributed by atoms with van der Waals surface area (Å²) in [4.78, 5) is 8.88. The topological polar surface area (TPSA) is 42.7 Å². The molecule has 4 nitrogen and oxygen atoms in total. The number of fused-ring (bicyclic) bond motifs is 1. The molecule has 2 aromatic heterocycles. The second-order valence-electron chi connectivity index (χ2n) is 4.77. The van der Waals surface area contributed by atoms with E-state index in [0.29, 0.717) is 0 Å². The summed E-state index contributed by atoms with van der Waals surface area (Å²) in [5.74, 6) is 1.98. The van der Waals surface area contributed by atoms with E-state index in [1.807, 2.05) is 12.4 Å². The lowest BCUT2D eigenvalue weighted by atomic mass is 9.99. The molecule has 4 heteroatoms. The van der Waals surface area contributed by atoms with Crippen LogP contribution in [0.15, 0.2) is 18.5 Å². The highest BCUT2D eigenvalue weighted by atomic mass is 15.1. The SMILES string of the molecule is CCCn1c(CC2CNC2)nc2cnccc21. The van der Waals surface area contributed by atoms with E-state index in [4.69, 9.17) is 4.98 Å². The average Bonchev–Trinajstić information content (AvgIpc) is 2.63. The zero-order chi connectivity index (χ0) is 11.7. The Bertz CT molecular complexity index is 513. The van der Waals surface area contributed by atoms with E-state index in [1.165, 1.54) is 11.3 Å². The minimum absolute atomic E-state index is 0.760. The first-order chi connectivity index (χ1) is 8.38. The summed E-state index contributed by atoms with van der Waals surface area (Å²) in [7, 11) is 0. The van der Waals surface area contributed by atoms with Crippen molar-refractivity contribution in [3.05, 3.63) is 24.3 Å². The Morgan fingerprint density at radius 2 is 2.35 bits per heavy atom. The molecule has 0 amide bonds. The van der Waals surface area contributed by atoms with E-state index >= 15 is 0 Å². The number of rotatable bonds is 4. The van der Waals surface area contributed by atoms with E-state index < -0.39 is 0 Å². The molecule has 17 heavy (non-hydrogen) atoms. The van der Waals surface area contributed by atoms with Gasteiger partial charge in [-0.15, -0.1) is 0 Å². The van der Waals surface area contributed by atoms with Gasteiger partial charge in [0.25, 0.3) is 0 Å². The van der Waals surface area contributed by atoms with Crippen LogP contribution in [0.1, 0.15) is 19.2 Å². The van der Waals surface area contributed by atoms with Gasteiger partial charge in [-0.1, -0.05) is 6.92 Å². The standard InChI is InChI=1S/C13H18N4/c1-2-5-17-12-3-4-14-9-11(12)16-13(17)6-10-7-15-8-10/h3-4,9-10,15H,2,5-8H2,1H3. The van der Waals surface area contributed by atoms with Crippen LogP contribution in [0.5, 0.6) is 0 Å². The van der Waals surface area contributed by atoms with Crippen LogP contribution in [-0.4, -0.2) is 27.6 Å². The minimum atomic E-state index is 0.760. The highest BCUT2D eigenvalue weighted by molar-refractivity contribution is 5.74. The molecule has 2 aromatic rings. The molecule has 1 N–H and O–H groups in total. The number of nitrogens with one attached hydrogen (secondary N) is 1. The van der Waals surface area contributed by atoms with E-state index in [2.05, 4.69) is 27.9 Å². The monoisotopic (exact) mass is 230 g/mol. The highest BCUT2D eigenvalue weighted by Crippen LogP contribution is 2.19. The van der Waals surface area contributed by atoms with Gasteiger partial charge < -0.3 is 9.88 Å². The Morgan fingerprint density at radius 3 is 3.06 bits per heavy atom. The summed E-state index contributed by atoms with van der Waals surface area (Å²) >= 11 is 0. The van der Waals surface area contributed by atoms with E-state index in [9.17, 15) is 0 Å². The van der Waals surface area contributed by atoms with Crippen molar-refractivity contribution in [3.8, 4) is 0 Å². The van der Waals surface area contributed by atoms with Gasteiger partial charge in [0, 0.05) is 19.2 Å². The van der Waals surface area contributed by atoms with Crippen molar-refractivity contribution >= 4 is 11.0 Å². The predicted molar refractivity (Wildman–Crippen MR) is 67.9 cm³/mol.